The molecule has 0 aliphatic carbocycles. The van der Waals surface area contributed by atoms with E-state index in [1.54, 1.807) is 6.92 Å². The van der Waals surface area contributed by atoms with Gasteiger partial charge in [-0.05, 0) is 6.92 Å². The van der Waals surface area contributed by atoms with E-state index in [2.05, 4.69) is 4.98 Å². The van der Waals surface area contributed by atoms with E-state index >= 15 is 0 Å². The molecule has 0 saturated carbocycles. The maximum atomic E-state index is 12.0. The van der Waals surface area contributed by atoms with E-state index in [0.29, 0.717) is 18.6 Å². The molecule has 2 unspecified atom stereocenters. The number of methoxy groups -OCH3 is 1. The third-order valence-corrected chi connectivity index (χ3v) is 4.13. The number of nitrogens with zero attached hydrogens (tertiary/aromatic N) is 1. The van der Waals surface area contributed by atoms with Gasteiger partial charge in [0, 0.05) is 25.3 Å². The van der Waals surface area contributed by atoms with Crippen LogP contribution in [-0.2, 0) is 14.2 Å². The second kappa shape index (κ2) is 5.06. The first-order valence-electron chi connectivity index (χ1n) is 6.77. The Labute approximate surface area is 120 Å². The van der Waals surface area contributed by atoms with Crippen molar-refractivity contribution in [3.8, 4) is 0 Å². The Balaban J connectivity index is 2.03. The van der Waals surface area contributed by atoms with E-state index in [4.69, 9.17) is 14.2 Å². The van der Waals surface area contributed by atoms with Gasteiger partial charge in [0.2, 0.25) is 0 Å². The zero-order valence-electron chi connectivity index (χ0n) is 11.9. The van der Waals surface area contributed by atoms with Crippen molar-refractivity contribution < 1.29 is 19.3 Å². The van der Waals surface area contributed by atoms with Crippen molar-refractivity contribution in [3.05, 3.63) is 32.6 Å². The van der Waals surface area contributed by atoms with Crippen LogP contribution in [0.4, 0.5) is 0 Å². The van der Waals surface area contributed by atoms with Crippen LogP contribution in [0.25, 0.3) is 0 Å². The fraction of sp³-hybridized carbons (Fsp3) is 0.692. The normalized spacial score (nSPS) is 35.1. The average Bonchev–Trinajstić information content (AvgIpc) is 2.60. The number of aliphatic hydroxyl groups is 1. The van der Waals surface area contributed by atoms with E-state index < -0.39 is 35.3 Å². The molecule has 116 valence electrons. The van der Waals surface area contributed by atoms with Gasteiger partial charge in [-0.3, -0.25) is 14.3 Å². The molecular weight excluding hydrogens is 280 g/mol. The lowest BCUT2D eigenvalue weighted by molar-refractivity contribution is -0.149. The van der Waals surface area contributed by atoms with Crippen molar-refractivity contribution in [2.45, 2.75) is 37.4 Å². The van der Waals surface area contributed by atoms with Gasteiger partial charge in [0.25, 0.3) is 5.56 Å². The van der Waals surface area contributed by atoms with Crippen LogP contribution in [0.3, 0.4) is 0 Å². The van der Waals surface area contributed by atoms with Crippen LogP contribution in [0, 0.1) is 6.92 Å². The minimum atomic E-state index is -0.893. The van der Waals surface area contributed by atoms with Gasteiger partial charge < -0.3 is 19.3 Å². The van der Waals surface area contributed by atoms with Gasteiger partial charge in [0.1, 0.15) is 17.8 Å². The average molecular weight is 298 g/mol. The maximum Gasteiger partial charge on any atom is 0.330 e. The maximum absolute atomic E-state index is 12.0. The van der Waals surface area contributed by atoms with Crippen molar-refractivity contribution >= 4 is 0 Å². The minimum Gasteiger partial charge on any atom is -0.387 e. The number of H-pyrrole nitrogens is 1. The Kier molecular flexibility index (Phi) is 3.48. The van der Waals surface area contributed by atoms with Crippen LogP contribution in [0.2, 0.25) is 0 Å². The molecule has 2 aliphatic heterocycles. The van der Waals surface area contributed by atoms with E-state index in [9.17, 15) is 14.7 Å². The Hall–Kier alpha value is -1.48. The van der Waals surface area contributed by atoms with Crippen molar-refractivity contribution in [2.75, 3.05) is 20.3 Å². The molecule has 4 atom stereocenters. The number of aryl methyl sites for hydroxylation is 1. The van der Waals surface area contributed by atoms with Crippen molar-refractivity contribution in [1.82, 2.24) is 9.55 Å². The first kappa shape index (κ1) is 14.5. The predicted molar refractivity (Wildman–Crippen MR) is 71.2 cm³/mol. The number of hydrogen-bond donors (Lipinski definition) is 2. The smallest absolute Gasteiger partial charge is 0.330 e. The Morgan fingerprint density at radius 2 is 2.33 bits per heavy atom. The zero-order valence-corrected chi connectivity index (χ0v) is 11.9. The summed E-state index contributed by atoms with van der Waals surface area (Å²) in [6, 6.07) is 0. The van der Waals surface area contributed by atoms with Gasteiger partial charge in [-0.15, -0.1) is 0 Å². The van der Waals surface area contributed by atoms with E-state index in [1.807, 2.05) is 0 Å². The highest BCUT2D eigenvalue weighted by atomic mass is 16.6. The van der Waals surface area contributed by atoms with Crippen LogP contribution < -0.4 is 11.2 Å². The number of rotatable bonds is 3. The largest absolute Gasteiger partial charge is 0.387 e. The zero-order chi connectivity index (χ0) is 15.2. The van der Waals surface area contributed by atoms with E-state index in [0.717, 1.165) is 0 Å². The molecule has 2 saturated heterocycles. The van der Waals surface area contributed by atoms with Crippen LogP contribution in [0.5, 0.6) is 0 Å². The molecule has 2 fully saturated rings. The predicted octanol–water partition coefficient (Wildman–Crippen LogP) is -1.09. The lowest BCUT2D eigenvalue weighted by Gasteiger charge is -2.34. The summed E-state index contributed by atoms with van der Waals surface area (Å²) in [6.45, 7) is 2.22. The van der Waals surface area contributed by atoms with Crippen molar-refractivity contribution in [3.63, 3.8) is 0 Å². The first-order chi connectivity index (χ1) is 9.98. The lowest BCUT2D eigenvalue weighted by atomic mass is 9.90. The summed E-state index contributed by atoms with van der Waals surface area (Å²) in [4.78, 5) is 25.7. The standard InChI is InChI=1S/C13H18N2O6/c1-7-5-15(12(18)14-10(7)17)11-8-9(16)13(21-11,6-19-2)3-4-20-8/h5,8-9,11,16H,3-4,6H2,1-2H3,(H,14,17,18)/t8?,9?,11-,13-/m1/s1. The molecule has 0 spiro atoms. The molecular formula is C13H18N2O6. The number of aromatic nitrogens is 2. The Morgan fingerprint density at radius 3 is 3.05 bits per heavy atom. The highest BCUT2D eigenvalue weighted by Gasteiger charge is 2.58. The summed E-state index contributed by atoms with van der Waals surface area (Å²) in [7, 11) is 1.53. The van der Waals surface area contributed by atoms with Gasteiger partial charge in [-0.1, -0.05) is 0 Å². The van der Waals surface area contributed by atoms with E-state index in [1.165, 1.54) is 17.9 Å². The van der Waals surface area contributed by atoms with Crippen LogP contribution in [0.15, 0.2) is 15.8 Å². The monoisotopic (exact) mass is 298 g/mol. The van der Waals surface area contributed by atoms with Crippen LogP contribution >= 0.6 is 0 Å². The number of ether oxygens (including phenoxy) is 3. The molecule has 1 aromatic rings. The molecule has 0 amide bonds. The summed E-state index contributed by atoms with van der Waals surface area (Å²) in [5.74, 6) is 0. The molecule has 3 heterocycles. The molecule has 1 aromatic heterocycles. The fourth-order valence-electron chi connectivity index (χ4n) is 3.01. The molecule has 21 heavy (non-hydrogen) atoms. The van der Waals surface area contributed by atoms with Gasteiger partial charge >= 0.3 is 5.69 Å². The molecule has 8 nitrogen and oxygen atoms in total. The quantitative estimate of drug-likeness (QED) is 0.735. The van der Waals surface area contributed by atoms with Gasteiger partial charge in [0.05, 0.1) is 13.2 Å². The van der Waals surface area contributed by atoms with Crippen molar-refractivity contribution in [1.29, 1.82) is 0 Å². The molecule has 0 radical (unpaired) electrons. The fourth-order valence-corrected chi connectivity index (χ4v) is 3.01. The molecule has 2 aliphatic rings. The highest BCUT2D eigenvalue weighted by Crippen LogP contribution is 2.43. The second-order valence-electron chi connectivity index (χ2n) is 5.52. The SMILES string of the molecule is COC[C@]12CCOC(C1O)[C@H](n1cc(C)c(=O)[nH]c1=O)O2. The van der Waals surface area contributed by atoms with Gasteiger partial charge in [0.15, 0.2) is 6.23 Å². The van der Waals surface area contributed by atoms with E-state index in [-0.39, 0.29) is 6.61 Å². The summed E-state index contributed by atoms with van der Waals surface area (Å²) in [5, 5.41) is 10.4. The molecule has 3 rings (SSSR count). The van der Waals surface area contributed by atoms with Crippen LogP contribution in [-0.4, -0.2) is 52.8 Å². The third kappa shape index (κ3) is 2.15. The van der Waals surface area contributed by atoms with Gasteiger partial charge in [-0.25, -0.2) is 4.79 Å². The first-order valence-corrected chi connectivity index (χ1v) is 6.77. The minimum absolute atomic E-state index is 0.210. The topological polar surface area (TPSA) is 103 Å². The number of aliphatic hydroxyl groups excluding tert-OH is 1. The van der Waals surface area contributed by atoms with Gasteiger partial charge in [-0.2, -0.15) is 0 Å². The van der Waals surface area contributed by atoms with Crippen LogP contribution in [0.1, 0.15) is 18.2 Å². The second-order valence-corrected chi connectivity index (χ2v) is 5.52. The number of aromatic amines is 1. The summed E-state index contributed by atoms with van der Waals surface area (Å²) in [6.07, 6.45) is -0.456. The summed E-state index contributed by atoms with van der Waals surface area (Å²) >= 11 is 0. The lowest BCUT2D eigenvalue weighted by Crippen LogP contribution is -2.51. The molecule has 2 N–H and O–H groups in total. The summed E-state index contributed by atoms with van der Waals surface area (Å²) < 4.78 is 17.9. The Morgan fingerprint density at radius 1 is 1.57 bits per heavy atom. The number of fused-ring (bicyclic) bond motifs is 2. The molecule has 8 heteroatoms. The highest BCUT2D eigenvalue weighted by molar-refractivity contribution is 5.07. The summed E-state index contributed by atoms with van der Waals surface area (Å²) in [5.41, 5.74) is -1.53. The number of hydrogen-bond acceptors (Lipinski definition) is 6. The number of nitrogens with one attached hydrogen (secondary N) is 1. The third-order valence-electron chi connectivity index (χ3n) is 4.13. The molecule has 2 bridgehead atoms. The Bertz CT molecular complexity index is 649. The molecule has 0 aromatic carbocycles. The van der Waals surface area contributed by atoms with Crippen molar-refractivity contribution in [2.24, 2.45) is 0 Å².